The van der Waals surface area contributed by atoms with Crippen molar-refractivity contribution in [1.82, 2.24) is 14.9 Å². The van der Waals surface area contributed by atoms with Gasteiger partial charge in [-0.2, -0.15) is 0 Å². The van der Waals surface area contributed by atoms with Crippen LogP contribution < -0.4 is 10.1 Å². The SMILES string of the molecule is COc1ccc2nc(C)ccc2c1-c1cc(C#Cc2ccccc2)nc(NC(=O)C(C)N(C)C(=O)OC(C)(C)C)c1. The maximum absolute atomic E-state index is 13.3. The monoisotopic (exact) mass is 550 g/mol. The first kappa shape index (κ1) is 29.1. The molecule has 0 aliphatic heterocycles. The molecule has 41 heavy (non-hydrogen) atoms. The Morgan fingerprint density at radius 3 is 2.39 bits per heavy atom. The number of amides is 2. The average Bonchev–Trinajstić information content (AvgIpc) is 2.94. The van der Waals surface area contributed by atoms with Gasteiger partial charge in [0.1, 0.15) is 28.9 Å². The third-order valence-electron chi connectivity index (χ3n) is 6.31. The summed E-state index contributed by atoms with van der Waals surface area (Å²) in [5, 5.41) is 3.75. The van der Waals surface area contributed by atoms with Crippen LogP contribution in [-0.2, 0) is 9.53 Å². The molecule has 0 saturated heterocycles. The Balaban J connectivity index is 1.77. The summed E-state index contributed by atoms with van der Waals surface area (Å²) in [5.74, 6) is 6.76. The summed E-state index contributed by atoms with van der Waals surface area (Å²) in [6.45, 7) is 8.89. The van der Waals surface area contributed by atoms with Crippen molar-refractivity contribution in [2.45, 2.75) is 46.3 Å². The second-order valence-corrected chi connectivity index (χ2v) is 10.7. The van der Waals surface area contributed by atoms with E-state index < -0.39 is 23.6 Å². The van der Waals surface area contributed by atoms with E-state index in [1.807, 2.05) is 67.6 Å². The van der Waals surface area contributed by atoms with E-state index in [-0.39, 0.29) is 5.82 Å². The summed E-state index contributed by atoms with van der Waals surface area (Å²) < 4.78 is 11.2. The van der Waals surface area contributed by atoms with Gasteiger partial charge >= 0.3 is 6.09 Å². The number of rotatable bonds is 5. The second-order valence-electron chi connectivity index (χ2n) is 10.7. The molecular weight excluding hydrogens is 516 g/mol. The van der Waals surface area contributed by atoms with Gasteiger partial charge in [0.2, 0.25) is 5.91 Å². The molecule has 2 amide bonds. The Hall–Kier alpha value is -4.90. The van der Waals surface area contributed by atoms with Crippen molar-refractivity contribution in [3.63, 3.8) is 0 Å². The molecule has 4 aromatic rings. The Morgan fingerprint density at radius 2 is 1.71 bits per heavy atom. The number of likely N-dealkylation sites (N-methyl/N-ethyl adjacent to an activating group) is 1. The molecule has 0 fully saturated rings. The number of aromatic nitrogens is 2. The number of benzene rings is 2. The van der Waals surface area contributed by atoms with Gasteiger partial charge in [-0.25, -0.2) is 9.78 Å². The predicted molar refractivity (Wildman–Crippen MR) is 161 cm³/mol. The minimum Gasteiger partial charge on any atom is -0.496 e. The number of anilines is 1. The highest BCUT2D eigenvalue weighted by molar-refractivity contribution is 6.00. The van der Waals surface area contributed by atoms with E-state index in [9.17, 15) is 9.59 Å². The summed E-state index contributed by atoms with van der Waals surface area (Å²) >= 11 is 0. The van der Waals surface area contributed by atoms with Gasteiger partial charge in [-0.1, -0.05) is 30.2 Å². The number of ether oxygens (including phenoxy) is 2. The molecule has 0 aliphatic rings. The van der Waals surface area contributed by atoms with Gasteiger partial charge in [0, 0.05) is 29.3 Å². The largest absolute Gasteiger partial charge is 0.496 e. The average molecular weight is 551 g/mol. The third-order valence-corrected chi connectivity index (χ3v) is 6.31. The van der Waals surface area contributed by atoms with Crippen LogP contribution in [0.3, 0.4) is 0 Å². The van der Waals surface area contributed by atoms with Crippen LogP contribution in [0, 0.1) is 18.8 Å². The van der Waals surface area contributed by atoms with Crippen molar-refractivity contribution in [3.8, 4) is 28.7 Å². The molecule has 1 unspecified atom stereocenters. The molecule has 2 aromatic heterocycles. The van der Waals surface area contributed by atoms with Crippen LogP contribution in [0.1, 0.15) is 44.6 Å². The lowest BCUT2D eigenvalue weighted by Crippen LogP contribution is -2.45. The number of hydrogen-bond acceptors (Lipinski definition) is 6. The first-order chi connectivity index (χ1) is 19.4. The number of carbonyl (C=O) groups excluding carboxylic acids is 2. The van der Waals surface area contributed by atoms with Crippen molar-refractivity contribution in [2.75, 3.05) is 19.5 Å². The standard InChI is InChI=1S/C33H34N4O4/c1-21-13-16-26-27(34-21)17-18-28(40-7)30(26)24-19-25(15-14-23-11-9-8-10-12-23)35-29(20-24)36-31(38)22(2)37(6)32(39)41-33(3,4)5/h8-13,16-20,22H,1-7H3,(H,35,36,38). The molecule has 0 saturated carbocycles. The Kier molecular flexibility index (Phi) is 8.58. The summed E-state index contributed by atoms with van der Waals surface area (Å²) in [7, 11) is 3.13. The number of hydrogen-bond donors (Lipinski definition) is 1. The Morgan fingerprint density at radius 1 is 0.976 bits per heavy atom. The van der Waals surface area contributed by atoms with Gasteiger partial charge in [0.15, 0.2) is 0 Å². The molecule has 8 heteroatoms. The van der Waals surface area contributed by atoms with Gasteiger partial charge < -0.3 is 14.8 Å². The summed E-state index contributed by atoms with van der Waals surface area (Å²) in [5.41, 5.74) is 3.86. The Labute approximate surface area is 240 Å². The van der Waals surface area contributed by atoms with E-state index >= 15 is 0 Å². The maximum atomic E-state index is 13.3. The van der Waals surface area contributed by atoms with E-state index in [0.717, 1.165) is 33.3 Å². The third kappa shape index (κ3) is 7.20. The number of nitrogens with one attached hydrogen (secondary N) is 1. The normalized spacial score (nSPS) is 11.7. The van der Waals surface area contributed by atoms with Gasteiger partial charge in [0.05, 0.1) is 12.6 Å². The van der Waals surface area contributed by atoms with E-state index in [1.54, 1.807) is 40.9 Å². The summed E-state index contributed by atoms with van der Waals surface area (Å²) in [4.78, 5) is 36.4. The van der Waals surface area contributed by atoms with Gasteiger partial charge in [-0.05, 0) is 88.6 Å². The van der Waals surface area contributed by atoms with Crippen LogP contribution in [0.2, 0.25) is 0 Å². The lowest BCUT2D eigenvalue weighted by Gasteiger charge is -2.28. The highest BCUT2D eigenvalue weighted by atomic mass is 16.6. The zero-order valence-corrected chi connectivity index (χ0v) is 24.4. The predicted octanol–water partition coefficient (Wildman–Crippen LogP) is 6.21. The number of methoxy groups -OCH3 is 1. The maximum Gasteiger partial charge on any atom is 0.410 e. The zero-order chi connectivity index (χ0) is 29.7. The lowest BCUT2D eigenvalue weighted by atomic mass is 9.98. The van der Waals surface area contributed by atoms with Crippen molar-refractivity contribution in [2.24, 2.45) is 0 Å². The molecule has 0 bridgehead atoms. The summed E-state index contributed by atoms with van der Waals surface area (Å²) in [6, 6.07) is 20.1. The minimum atomic E-state index is -0.826. The van der Waals surface area contributed by atoms with Crippen molar-refractivity contribution < 1.29 is 19.1 Å². The van der Waals surface area contributed by atoms with E-state index in [4.69, 9.17) is 9.47 Å². The smallest absolute Gasteiger partial charge is 0.410 e. The van der Waals surface area contributed by atoms with Gasteiger partial charge in [-0.15, -0.1) is 0 Å². The van der Waals surface area contributed by atoms with Crippen LogP contribution >= 0.6 is 0 Å². The molecule has 4 rings (SSSR count). The van der Waals surface area contributed by atoms with Crippen LogP contribution in [0.4, 0.5) is 10.6 Å². The molecule has 1 N–H and O–H groups in total. The van der Waals surface area contributed by atoms with E-state index in [2.05, 4.69) is 27.1 Å². The molecule has 1 atom stereocenters. The van der Waals surface area contributed by atoms with E-state index in [1.165, 1.54) is 11.9 Å². The number of fused-ring (bicyclic) bond motifs is 1. The highest BCUT2D eigenvalue weighted by Gasteiger charge is 2.27. The zero-order valence-electron chi connectivity index (χ0n) is 24.4. The number of pyridine rings is 2. The van der Waals surface area contributed by atoms with Gasteiger partial charge in [-0.3, -0.25) is 14.7 Å². The minimum absolute atomic E-state index is 0.286. The van der Waals surface area contributed by atoms with Gasteiger partial charge in [0.25, 0.3) is 0 Å². The van der Waals surface area contributed by atoms with Crippen LogP contribution in [-0.4, -0.2) is 52.7 Å². The van der Waals surface area contributed by atoms with Crippen LogP contribution in [0.15, 0.2) is 66.7 Å². The fourth-order valence-corrected chi connectivity index (χ4v) is 4.11. The molecule has 2 heterocycles. The fraction of sp³-hybridized carbons (Fsp3) is 0.273. The quantitative estimate of drug-likeness (QED) is 0.297. The van der Waals surface area contributed by atoms with Crippen LogP contribution in [0.5, 0.6) is 5.75 Å². The van der Waals surface area contributed by atoms with E-state index in [0.29, 0.717) is 11.4 Å². The molecule has 0 aliphatic carbocycles. The van der Waals surface area contributed by atoms with Crippen molar-refractivity contribution in [3.05, 3.63) is 83.7 Å². The Bertz CT molecular complexity index is 1650. The van der Waals surface area contributed by atoms with Crippen molar-refractivity contribution in [1.29, 1.82) is 0 Å². The fourth-order valence-electron chi connectivity index (χ4n) is 4.11. The number of nitrogens with zero attached hydrogens (tertiary/aromatic N) is 3. The molecule has 0 spiro atoms. The number of carbonyl (C=O) groups is 2. The van der Waals surface area contributed by atoms with Crippen LogP contribution in [0.25, 0.3) is 22.0 Å². The molecule has 2 aromatic carbocycles. The first-order valence-corrected chi connectivity index (χ1v) is 13.3. The molecule has 210 valence electrons. The van der Waals surface area contributed by atoms with Crippen molar-refractivity contribution >= 4 is 28.7 Å². The number of aryl methyl sites for hydroxylation is 1. The first-order valence-electron chi connectivity index (χ1n) is 13.3. The molecule has 0 radical (unpaired) electrons. The lowest BCUT2D eigenvalue weighted by molar-refractivity contribution is -0.120. The highest BCUT2D eigenvalue weighted by Crippen LogP contribution is 2.37. The second kappa shape index (κ2) is 12.1. The topological polar surface area (TPSA) is 93.7 Å². The molecular formula is C33H34N4O4. The summed E-state index contributed by atoms with van der Waals surface area (Å²) in [6.07, 6.45) is -0.598. The molecule has 8 nitrogen and oxygen atoms in total.